The zero-order valence-electron chi connectivity index (χ0n) is 15.3. The predicted octanol–water partition coefficient (Wildman–Crippen LogP) is 2.99. The molecule has 4 rings (SSSR count). The SMILES string of the molecule is Cc1cc(-c2cc3c(c(OCc4cocn4)c2)CC(=O)CC3)cn(C)c1=O. The number of aromatic nitrogens is 2. The number of hydrogen-bond acceptors (Lipinski definition) is 5. The van der Waals surface area contributed by atoms with Crippen LogP contribution < -0.4 is 10.3 Å². The van der Waals surface area contributed by atoms with E-state index in [0.29, 0.717) is 36.3 Å². The van der Waals surface area contributed by atoms with Crippen LogP contribution in [0.3, 0.4) is 0 Å². The highest BCUT2D eigenvalue weighted by Gasteiger charge is 2.21. The van der Waals surface area contributed by atoms with E-state index in [1.165, 1.54) is 12.7 Å². The first kappa shape index (κ1) is 17.3. The molecular formula is C21H20N2O4. The van der Waals surface area contributed by atoms with Gasteiger partial charge >= 0.3 is 0 Å². The fraction of sp³-hybridized carbons (Fsp3) is 0.286. The molecule has 1 aliphatic rings. The lowest BCUT2D eigenvalue weighted by molar-refractivity contribution is -0.118. The number of pyridine rings is 1. The molecule has 0 saturated heterocycles. The van der Waals surface area contributed by atoms with Gasteiger partial charge in [-0.15, -0.1) is 0 Å². The molecule has 0 saturated carbocycles. The number of oxazole rings is 1. The second-order valence-electron chi connectivity index (χ2n) is 6.92. The van der Waals surface area contributed by atoms with E-state index in [1.807, 2.05) is 25.3 Å². The Hall–Kier alpha value is -3.15. The number of Topliss-reactive ketones (excluding diaryl/α,β-unsaturated/α-hetero) is 1. The molecule has 6 nitrogen and oxygen atoms in total. The van der Waals surface area contributed by atoms with Crippen molar-refractivity contribution < 1.29 is 13.9 Å². The fourth-order valence-corrected chi connectivity index (χ4v) is 3.48. The second kappa shape index (κ2) is 6.87. The number of ketones is 1. The summed E-state index contributed by atoms with van der Waals surface area (Å²) in [5, 5.41) is 0. The third kappa shape index (κ3) is 3.43. The molecule has 138 valence electrons. The molecule has 1 aromatic carbocycles. The van der Waals surface area contributed by atoms with E-state index in [9.17, 15) is 9.59 Å². The molecule has 2 aromatic heterocycles. The highest BCUT2D eigenvalue weighted by atomic mass is 16.5. The maximum atomic E-state index is 12.0. The molecule has 0 fully saturated rings. The molecule has 0 bridgehead atoms. The van der Waals surface area contributed by atoms with Crippen LogP contribution in [0.4, 0.5) is 0 Å². The second-order valence-corrected chi connectivity index (χ2v) is 6.92. The minimum Gasteiger partial charge on any atom is -0.487 e. The summed E-state index contributed by atoms with van der Waals surface area (Å²) in [4.78, 5) is 28.1. The summed E-state index contributed by atoms with van der Waals surface area (Å²) in [6.45, 7) is 2.08. The van der Waals surface area contributed by atoms with Crippen LogP contribution in [0, 0.1) is 6.92 Å². The van der Waals surface area contributed by atoms with Crippen LogP contribution in [0.5, 0.6) is 5.75 Å². The monoisotopic (exact) mass is 364 g/mol. The van der Waals surface area contributed by atoms with Crippen molar-refractivity contribution in [3.05, 3.63) is 69.8 Å². The molecule has 2 heterocycles. The number of aryl methyl sites for hydroxylation is 3. The van der Waals surface area contributed by atoms with Gasteiger partial charge in [0.25, 0.3) is 5.56 Å². The normalized spacial score (nSPS) is 13.5. The Balaban J connectivity index is 1.78. The van der Waals surface area contributed by atoms with Crippen LogP contribution in [0.2, 0.25) is 0 Å². The van der Waals surface area contributed by atoms with Crippen molar-refractivity contribution in [2.45, 2.75) is 32.8 Å². The smallest absolute Gasteiger partial charge is 0.253 e. The summed E-state index contributed by atoms with van der Waals surface area (Å²) >= 11 is 0. The highest BCUT2D eigenvalue weighted by Crippen LogP contribution is 2.34. The van der Waals surface area contributed by atoms with E-state index < -0.39 is 0 Å². The number of rotatable bonds is 4. The van der Waals surface area contributed by atoms with E-state index in [2.05, 4.69) is 11.1 Å². The Morgan fingerprint density at radius 3 is 2.78 bits per heavy atom. The number of carbonyl (C=O) groups excluding carboxylic acids is 1. The minimum atomic E-state index is -0.00943. The molecule has 1 aliphatic carbocycles. The van der Waals surface area contributed by atoms with Gasteiger partial charge in [-0.3, -0.25) is 9.59 Å². The zero-order chi connectivity index (χ0) is 19.0. The Morgan fingerprint density at radius 1 is 1.19 bits per heavy atom. The van der Waals surface area contributed by atoms with Crippen LogP contribution >= 0.6 is 0 Å². The van der Waals surface area contributed by atoms with Crippen LogP contribution in [0.15, 0.2) is 46.3 Å². The molecule has 3 aromatic rings. The van der Waals surface area contributed by atoms with Gasteiger partial charge in [0.05, 0.1) is 0 Å². The summed E-state index contributed by atoms with van der Waals surface area (Å²) in [6.07, 6.45) is 6.36. The molecule has 6 heteroatoms. The van der Waals surface area contributed by atoms with Gasteiger partial charge in [0.1, 0.15) is 30.1 Å². The topological polar surface area (TPSA) is 74.3 Å². The summed E-state index contributed by atoms with van der Waals surface area (Å²) in [7, 11) is 1.75. The van der Waals surface area contributed by atoms with Gasteiger partial charge in [0, 0.05) is 37.2 Å². The molecular weight excluding hydrogens is 344 g/mol. The number of ether oxygens (including phenoxy) is 1. The van der Waals surface area contributed by atoms with Crippen LogP contribution in [0.25, 0.3) is 11.1 Å². The number of benzene rings is 1. The van der Waals surface area contributed by atoms with Crippen molar-refractivity contribution in [2.24, 2.45) is 7.05 Å². The van der Waals surface area contributed by atoms with Crippen molar-refractivity contribution in [2.75, 3.05) is 0 Å². The molecule has 27 heavy (non-hydrogen) atoms. The number of nitrogens with zero attached hydrogens (tertiary/aromatic N) is 2. The Labute approximate surface area is 156 Å². The Bertz CT molecular complexity index is 1040. The van der Waals surface area contributed by atoms with Gasteiger partial charge in [-0.25, -0.2) is 4.98 Å². The first-order valence-electron chi connectivity index (χ1n) is 8.86. The lowest BCUT2D eigenvalue weighted by atomic mass is 9.87. The van der Waals surface area contributed by atoms with Gasteiger partial charge in [-0.1, -0.05) is 6.07 Å². The van der Waals surface area contributed by atoms with Gasteiger partial charge in [0.15, 0.2) is 6.39 Å². The van der Waals surface area contributed by atoms with Crippen molar-refractivity contribution in [1.29, 1.82) is 0 Å². The lowest BCUT2D eigenvalue weighted by Crippen LogP contribution is -2.18. The molecule has 0 unspecified atom stereocenters. The summed E-state index contributed by atoms with van der Waals surface area (Å²) < 4.78 is 12.6. The van der Waals surface area contributed by atoms with Crippen LogP contribution in [0.1, 0.15) is 28.8 Å². The average molecular weight is 364 g/mol. The van der Waals surface area contributed by atoms with E-state index >= 15 is 0 Å². The predicted molar refractivity (Wildman–Crippen MR) is 99.7 cm³/mol. The molecule has 0 amide bonds. The summed E-state index contributed by atoms with van der Waals surface area (Å²) in [5.74, 6) is 0.907. The van der Waals surface area contributed by atoms with Gasteiger partial charge in [0.2, 0.25) is 0 Å². The Morgan fingerprint density at radius 2 is 2.04 bits per heavy atom. The average Bonchev–Trinajstić information content (AvgIpc) is 3.17. The minimum absolute atomic E-state index is 0.00943. The lowest BCUT2D eigenvalue weighted by Gasteiger charge is -2.21. The summed E-state index contributed by atoms with van der Waals surface area (Å²) in [5.41, 5.74) is 5.35. The molecule has 0 aliphatic heterocycles. The molecule has 0 spiro atoms. The van der Waals surface area contributed by atoms with Gasteiger partial charge in [-0.2, -0.15) is 0 Å². The highest BCUT2D eigenvalue weighted by molar-refractivity contribution is 5.85. The Kier molecular flexibility index (Phi) is 4.39. The largest absolute Gasteiger partial charge is 0.487 e. The van der Waals surface area contributed by atoms with Gasteiger partial charge < -0.3 is 13.7 Å². The van der Waals surface area contributed by atoms with Crippen LogP contribution in [-0.2, 0) is 31.3 Å². The van der Waals surface area contributed by atoms with Crippen molar-refractivity contribution in [3.63, 3.8) is 0 Å². The van der Waals surface area contributed by atoms with Crippen molar-refractivity contribution >= 4 is 5.78 Å². The molecule has 0 N–H and O–H groups in total. The third-order valence-electron chi connectivity index (χ3n) is 4.90. The first-order valence-corrected chi connectivity index (χ1v) is 8.86. The van der Waals surface area contributed by atoms with Crippen LogP contribution in [-0.4, -0.2) is 15.3 Å². The molecule has 0 atom stereocenters. The van der Waals surface area contributed by atoms with Crippen molar-refractivity contribution in [1.82, 2.24) is 9.55 Å². The van der Waals surface area contributed by atoms with E-state index in [1.54, 1.807) is 11.6 Å². The van der Waals surface area contributed by atoms with E-state index in [-0.39, 0.29) is 17.9 Å². The number of fused-ring (bicyclic) bond motifs is 1. The maximum absolute atomic E-state index is 12.0. The fourth-order valence-electron chi connectivity index (χ4n) is 3.48. The number of carbonyl (C=O) groups is 1. The summed E-state index contributed by atoms with van der Waals surface area (Å²) in [6, 6.07) is 5.93. The van der Waals surface area contributed by atoms with Gasteiger partial charge in [-0.05, 0) is 42.2 Å². The first-order chi connectivity index (χ1) is 13.0. The van der Waals surface area contributed by atoms with E-state index in [0.717, 1.165) is 22.3 Å². The van der Waals surface area contributed by atoms with Crippen molar-refractivity contribution in [3.8, 4) is 16.9 Å². The molecule has 0 radical (unpaired) electrons. The third-order valence-corrected chi connectivity index (χ3v) is 4.90. The standard InChI is InChI=1S/C21H20N2O4/c1-13-5-16(9-23(2)21(13)25)15-6-14-3-4-18(24)8-19(14)20(7-15)27-11-17-10-26-12-22-17/h5-7,9-10,12H,3-4,8,11H2,1-2H3. The number of hydrogen-bond donors (Lipinski definition) is 0. The zero-order valence-corrected chi connectivity index (χ0v) is 15.3. The quantitative estimate of drug-likeness (QED) is 0.711. The maximum Gasteiger partial charge on any atom is 0.253 e. The van der Waals surface area contributed by atoms with E-state index in [4.69, 9.17) is 9.15 Å².